The summed E-state index contributed by atoms with van der Waals surface area (Å²) in [6, 6.07) is 0.883. The van der Waals surface area contributed by atoms with E-state index in [0.717, 1.165) is 18.9 Å². The van der Waals surface area contributed by atoms with E-state index in [0.29, 0.717) is 0 Å². The van der Waals surface area contributed by atoms with Crippen LogP contribution in [0.2, 0.25) is 0 Å². The average molecular weight is 323 g/mol. The van der Waals surface area contributed by atoms with Gasteiger partial charge in [0.15, 0.2) is 11.6 Å². The Bertz CT molecular complexity index is 501. The molecule has 1 N–H and O–H groups in total. The van der Waals surface area contributed by atoms with E-state index in [1.807, 2.05) is 0 Å². The van der Waals surface area contributed by atoms with E-state index in [2.05, 4.69) is 15.9 Å². The summed E-state index contributed by atoms with van der Waals surface area (Å²) in [6.07, 6.45) is 1.20. The molecule has 98 valence electrons. The molecule has 0 radical (unpaired) electrons. The summed E-state index contributed by atoms with van der Waals surface area (Å²) >= 11 is 2.61. The second kappa shape index (κ2) is 4.91. The molecule has 0 aromatic heterocycles. The van der Waals surface area contributed by atoms with Gasteiger partial charge >= 0.3 is 5.97 Å². The Hall–Kier alpha value is -1.04. The van der Waals surface area contributed by atoms with Crippen molar-refractivity contribution in [3.05, 3.63) is 33.6 Å². The summed E-state index contributed by atoms with van der Waals surface area (Å²) in [5.74, 6) is -5.16. The van der Waals surface area contributed by atoms with Gasteiger partial charge in [-0.25, -0.2) is 13.2 Å². The van der Waals surface area contributed by atoms with Gasteiger partial charge in [0.1, 0.15) is 5.82 Å². The first-order chi connectivity index (χ1) is 8.41. The predicted molar refractivity (Wildman–Crippen MR) is 61.7 cm³/mol. The molecule has 2 rings (SSSR count). The maximum atomic E-state index is 13.8. The van der Waals surface area contributed by atoms with Crippen molar-refractivity contribution in [2.24, 2.45) is 5.92 Å². The Morgan fingerprint density at radius 2 is 2.00 bits per heavy atom. The Labute approximate surface area is 110 Å². The number of benzene rings is 1. The quantitative estimate of drug-likeness (QED) is 0.675. The molecule has 1 aliphatic carbocycles. The van der Waals surface area contributed by atoms with Crippen LogP contribution in [0.5, 0.6) is 0 Å². The van der Waals surface area contributed by atoms with Crippen LogP contribution >= 0.6 is 15.9 Å². The zero-order valence-corrected chi connectivity index (χ0v) is 10.8. The molecule has 1 aromatic carbocycles. The Morgan fingerprint density at radius 1 is 1.39 bits per heavy atom. The van der Waals surface area contributed by atoms with Crippen LogP contribution in [0.25, 0.3) is 0 Å². The van der Waals surface area contributed by atoms with Crippen molar-refractivity contribution in [3.63, 3.8) is 0 Å². The van der Waals surface area contributed by atoms with Gasteiger partial charge in [0, 0.05) is 5.92 Å². The number of hydrogen-bond donors (Lipinski definition) is 1. The Kier molecular flexibility index (Phi) is 3.66. The van der Waals surface area contributed by atoms with E-state index in [-0.39, 0.29) is 17.9 Å². The second-order valence-electron chi connectivity index (χ2n) is 4.43. The van der Waals surface area contributed by atoms with Crippen molar-refractivity contribution < 1.29 is 23.1 Å². The number of aliphatic carboxylic acids is 1. The summed E-state index contributed by atoms with van der Waals surface area (Å²) in [6.45, 7) is 0. The van der Waals surface area contributed by atoms with Crippen molar-refractivity contribution in [1.82, 2.24) is 0 Å². The van der Waals surface area contributed by atoms with Gasteiger partial charge in [-0.15, -0.1) is 0 Å². The molecule has 1 unspecified atom stereocenters. The molecule has 2 nitrogen and oxygen atoms in total. The monoisotopic (exact) mass is 322 g/mol. The second-order valence-corrected chi connectivity index (χ2v) is 5.22. The van der Waals surface area contributed by atoms with E-state index in [1.165, 1.54) is 0 Å². The van der Waals surface area contributed by atoms with Crippen LogP contribution in [0, 0.1) is 23.4 Å². The normalized spacial score (nSPS) is 16.7. The molecule has 0 spiro atoms. The third kappa shape index (κ3) is 2.53. The fraction of sp³-hybridized carbons (Fsp3) is 0.417. The third-order valence-electron chi connectivity index (χ3n) is 3.12. The SMILES string of the molecule is O=C(O)CC(c1cc(F)c(Br)c(F)c1F)C1CC1. The van der Waals surface area contributed by atoms with Crippen molar-refractivity contribution in [3.8, 4) is 0 Å². The summed E-state index contributed by atoms with van der Waals surface area (Å²) in [7, 11) is 0. The molecule has 0 aliphatic heterocycles. The minimum Gasteiger partial charge on any atom is -0.481 e. The maximum absolute atomic E-state index is 13.8. The number of carbonyl (C=O) groups is 1. The summed E-state index contributed by atoms with van der Waals surface area (Å²) in [5, 5.41) is 8.79. The van der Waals surface area contributed by atoms with Crippen LogP contribution in [-0.4, -0.2) is 11.1 Å². The third-order valence-corrected chi connectivity index (χ3v) is 3.84. The van der Waals surface area contributed by atoms with Gasteiger partial charge in [-0.2, -0.15) is 0 Å². The topological polar surface area (TPSA) is 37.3 Å². The van der Waals surface area contributed by atoms with Crippen LogP contribution < -0.4 is 0 Å². The Balaban J connectivity index is 2.44. The highest BCUT2D eigenvalue weighted by molar-refractivity contribution is 9.10. The molecule has 18 heavy (non-hydrogen) atoms. The standard InChI is InChI=1S/C12H10BrF3O2/c13-10-8(14)3-7(11(15)12(10)16)6(4-9(17)18)5-1-2-5/h3,5-6H,1-2,4H2,(H,17,18). The van der Waals surface area contributed by atoms with E-state index >= 15 is 0 Å². The van der Waals surface area contributed by atoms with Crippen LogP contribution in [-0.2, 0) is 4.79 Å². The Morgan fingerprint density at radius 3 is 2.50 bits per heavy atom. The van der Waals surface area contributed by atoms with Crippen molar-refractivity contribution in [1.29, 1.82) is 0 Å². The first kappa shape index (κ1) is 13.4. The molecule has 0 saturated heterocycles. The fourth-order valence-corrected chi connectivity index (χ4v) is 2.37. The molecule has 0 heterocycles. The van der Waals surface area contributed by atoms with Gasteiger partial charge in [0.25, 0.3) is 0 Å². The van der Waals surface area contributed by atoms with Crippen LogP contribution in [0.1, 0.15) is 30.7 Å². The zero-order valence-electron chi connectivity index (χ0n) is 9.22. The van der Waals surface area contributed by atoms with Crippen molar-refractivity contribution in [2.75, 3.05) is 0 Å². The highest BCUT2D eigenvalue weighted by Gasteiger charge is 2.36. The predicted octanol–water partition coefficient (Wildman–Crippen LogP) is 3.83. The molecule has 1 atom stereocenters. The van der Waals surface area contributed by atoms with Crippen molar-refractivity contribution in [2.45, 2.75) is 25.2 Å². The number of hydrogen-bond acceptors (Lipinski definition) is 1. The van der Waals surface area contributed by atoms with E-state index in [4.69, 9.17) is 5.11 Å². The first-order valence-corrected chi connectivity index (χ1v) is 6.25. The molecule has 1 aromatic rings. The van der Waals surface area contributed by atoms with Gasteiger partial charge in [-0.3, -0.25) is 4.79 Å². The molecule has 1 saturated carbocycles. The van der Waals surface area contributed by atoms with Gasteiger partial charge < -0.3 is 5.11 Å². The number of rotatable bonds is 4. The summed E-state index contributed by atoms with van der Waals surface area (Å²) in [5.41, 5.74) is -0.182. The molecule has 6 heteroatoms. The molecule has 0 bridgehead atoms. The zero-order chi connectivity index (χ0) is 13.4. The molecule has 1 aliphatic rings. The summed E-state index contributed by atoms with van der Waals surface area (Å²) < 4.78 is 40.0. The van der Waals surface area contributed by atoms with Gasteiger partial charge in [-0.05, 0) is 46.3 Å². The number of carboxylic acids is 1. The van der Waals surface area contributed by atoms with Crippen LogP contribution in [0.3, 0.4) is 0 Å². The number of halogens is 4. The lowest BCUT2D eigenvalue weighted by Gasteiger charge is -2.16. The average Bonchev–Trinajstić information content (AvgIpc) is 3.12. The minimum absolute atomic E-state index is 0.00410. The summed E-state index contributed by atoms with van der Waals surface area (Å²) in [4.78, 5) is 10.7. The molecular weight excluding hydrogens is 313 g/mol. The minimum atomic E-state index is -1.30. The molecule has 1 fully saturated rings. The largest absolute Gasteiger partial charge is 0.481 e. The lowest BCUT2D eigenvalue weighted by Crippen LogP contribution is -2.12. The van der Waals surface area contributed by atoms with E-state index < -0.39 is 33.8 Å². The van der Waals surface area contributed by atoms with Crippen LogP contribution in [0.4, 0.5) is 13.2 Å². The van der Waals surface area contributed by atoms with Gasteiger partial charge in [-0.1, -0.05) is 0 Å². The highest BCUT2D eigenvalue weighted by atomic mass is 79.9. The highest BCUT2D eigenvalue weighted by Crippen LogP contribution is 2.46. The first-order valence-electron chi connectivity index (χ1n) is 5.46. The smallest absolute Gasteiger partial charge is 0.303 e. The van der Waals surface area contributed by atoms with E-state index in [9.17, 15) is 18.0 Å². The lowest BCUT2D eigenvalue weighted by atomic mass is 9.90. The van der Waals surface area contributed by atoms with Gasteiger partial charge in [0.2, 0.25) is 0 Å². The van der Waals surface area contributed by atoms with Gasteiger partial charge in [0.05, 0.1) is 10.9 Å². The lowest BCUT2D eigenvalue weighted by molar-refractivity contribution is -0.137. The molecule has 0 amide bonds. The van der Waals surface area contributed by atoms with E-state index in [1.54, 1.807) is 0 Å². The fourth-order valence-electron chi connectivity index (χ4n) is 2.08. The number of carboxylic acid groups (broad SMARTS) is 1. The maximum Gasteiger partial charge on any atom is 0.303 e. The molecular formula is C12H10BrF3O2. The van der Waals surface area contributed by atoms with Crippen LogP contribution in [0.15, 0.2) is 10.5 Å². The van der Waals surface area contributed by atoms with Crippen molar-refractivity contribution >= 4 is 21.9 Å².